The fraction of sp³-hybridized carbons (Fsp3) is 0.450. The zero-order valence-corrected chi connectivity index (χ0v) is 16.8. The normalized spacial score (nSPS) is 25.0. The number of amides is 1. The van der Waals surface area contributed by atoms with Crippen molar-refractivity contribution < 1.29 is 23.9 Å². The summed E-state index contributed by atoms with van der Waals surface area (Å²) in [5, 5.41) is -0.397. The topological polar surface area (TPSA) is 72.9 Å². The number of nitrogens with zero attached hydrogens (tertiary/aromatic N) is 1. The molecule has 0 bridgehead atoms. The number of β-lactam (4-membered cyclic amide) rings is 1. The highest BCUT2D eigenvalue weighted by molar-refractivity contribution is 8.00. The molecule has 1 saturated heterocycles. The second kappa shape index (κ2) is 7.13. The van der Waals surface area contributed by atoms with Crippen molar-refractivity contribution in [3.05, 3.63) is 47.2 Å². The van der Waals surface area contributed by atoms with Gasteiger partial charge in [0, 0.05) is 18.2 Å². The Balaban J connectivity index is 2.00. The average molecular weight is 389 g/mol. The molecule has 0 aliphatic carbocycles. The Hall–Kier alpha value is -2.12. The maximum Gasteiger partial charge on any atom is 0.312 e. The molecule has 1 aromatic rings. The molecule has 3 rings (SSSR count). The van der Waals surface area contributed by atoms with Gasteiger partial charge in [0.05, 0.1) is 11.1 Å². The van der Waals surface area contributed by atoms with Crippen LogP contribution in [0.5, 0.6) is 0 Å². The second-order valence-corrected chi connectivity index (χ2v) is 8.79. The fourth-order valence-corrected chi connectivity index (χ4v) is 4.37. The van der Waals surface area contributed by atoms with Crippen molar-refractivity contribution in [3.63, 3.8) is 0 Å². The van der Waals surface area contributed by atoms with Crippen LogP contribution in [-0.2, 0) is 19.1 Å². The number of carbonyl (C=O) groups is 3. The number of hydrogen-bond acceptors (Lipinski definition) is 6. The van der Waals surface area contributed by atoms with Crippen LogP contribution in [0.4, 0.5) is 0 Å². The maximum absolute atomic E-state index is 13.1. The molecule has 2 aliphatic rings. The third-order valence-electron chi connectivity index (χ3n) is 4.56. The molecule has 0 aromatic heterocycles. The van der Waals surface area contributed by atoms with Crippen LogP contribution in [0.3, 0.4) is 0 Å². The number of carbonyl (C=O) groups excluding carboxylic acids is 3. The average Bonchev–Trinajstić information content (AvgIpc) is 2.63. The number of thioether (sulfide) groups is 1. The molecule has 27 heavy (non-hydrogen) atoms. The third kappa shape index (κ3) is 3.41. The predicted molar refractivity (Wildman–Crippen MR) is 102 cm³/mol. The summed E-state index contributed by atoms with van der Waals surface area (Å²) < 4.78 is 11.0. The van der Waals surface area contributed by atoms with E-state index in [0.29, 0.717) is 11.1 Å². The van der Waals surface area contributed by atoms with E-state index in [4.69, 9.17) is 9.47 Å². The van der Waals surface area contributed by atoms with Crippen molar-refractivity contribution in [2.24, 2.45) is 5.41 Å². The van der Waals surface area contributed by atoms with E-state index in [-0.39, 0.29) is 23.4 Å². The van der Waals surface area contributed by atoms with E-state index in [2.05, 4.69) is 0 Å². The van der Waals surface area contributed by atoms with E-state index in [1.165, 1.54) is 23.8 Å². The molecule has 0 radical (unpaired) electrons. The lowest BCUT2D eigenvalue weighted by molar-refractivity contribution is -0.159. The van der Waals surface area contributed by atoms with Crippen LogP contribution in [-0.4, -0.2) is 46.6 Å². The first-order valence-corrected chi connectivity index (χ1v) is 9.64. The minimum atomic E-state index is -0.669. The van der Waals surface area contributed by atoms with Crippen LogP contribution in [0.1, 0.15) is 38.1 Å². The molecular formula is C20H23NO5S. The molecule has 0 spiro atoms. The summed E-state index contributed by atoms with van der Waals surface area (Å²) in [6.07, 6.45) is -0.655. The van der Waals surface area contributed by atoms with Gasteiger partial charge in [0.15, 0.2) is 11.5 Å². The standard InChI is InChI=1S/C20H23NO5S/c1-11-13(14(22)12-9-7-6-8-10-12)21-16(23)15(25-5)17(21)27-18(11)26-19(24)20(2,3)4/h6-10,15,17-18H,1-5H3/t15-,17+,18?/m0/s1. The quantitative estimate of drug-likeness (QED) is 0.448. The van der Waals surface area contributed by atoms with Gasteiger partial charge in [0.1, 0.15) is 5.37 Å². The number of Topliss-reactive ketones (excluding diaryl/α,β-unsaturated/α-hetero) is 1. The number of ketones is 1. The number of fused-ring (bicyclic) bond motifs is 1. The minimum Gasteiger partial charge on any atom is -0.446 e. The molecule has 3 atom stereocenters. The van der Waals surface area contributed by atoms with Gasteiger partial charge in [-0.05, 0) is 27.7 Å². The van der Waals surface area contributed by atoms with Gasteiger partial charge in [-0.1, -0.05) is 42.1 Å². The van der Waals surface area contributed by atoms with E-state index in [0.717, 1.165) is 0 Å². The van der Waals surface area contributed by atoms with Gasteiger partial charge in [-0.25, -0.2) is 0 Å². The van der Waals surface area contributed by atoms with Crippen LogP contribution in [0, 0.1) is 5.41 Å². The first-order valence-electron chi connectivity index (χ1n) is 8.69. The zero-order valence-electron chi connectivity index (χ0n) is 16.0. The predicted octanol–water partition coefficient (Wildman–Crippen LogP) is 2.99. The number of hydrogen-bond donors (Lipinski definition) is 0. The SMILES string of the molecule is CO[C@H]1C(=O)N2C(C(=O)c3ccccc3)=C(C)C(OC(=O)C(C)(C)C)S[C@H]12. The first kappa shape index (κ1) is 19.6. The molecule has 1 aromatic carbocycles. The van der Waals surface area contributed by atoms with Crippen molar-refractivity contribution in [1.82, 2.24) is 4.90 Å². The lowest BCUT2D eigenvalue weighted by Crippen LogP contribution is -2.66. The van der Waals surface area contributed by atoms with Gasteiger partial charge < -0.3 is 9.47 Å². The Bertz CT molecular complexity index is 811. The number of methoxy groups -OCH3 is 1. The Morgan fingerprint density at radius 2 is 1.78 bits per heavy atom. The van der Waals surface area contributed by atoms with E-state index >= 15 is 0 Å². The van der Waals surface area contributed by atoms with Crippen LogP contribution >= 0.6 is 11.8 Å². The summed E-state index contributed by atoms with van der Waals surface area (Å²) in [7, 11) is 1.46. The maximum atomic E-state index is 13.1. The van der Waals surface area contributed by atoms with Gasteiger partial charge in [0.2, 0.25) is 5.78 Å². The zero-order chi connectivity index (χ0) is 19.9. The Morgan fingerprint density at radius 1 is 1.15 bits per heavy atom. The van der Waals surface area contributed by atoms with Crippen molar-refractivity contribution in [1.29, 1.82) is 0 Å². The van der Waals surface area contributed by atoms with Gasteiger partial charge in [0.25, 0.3) is 5.91 Å². The van der Waals surface area contributed by atoms with E-state index < -0.39 is 22.3 Å². The summed E-state index contributed by atoms with van der Waals surface area (Å²) in [6, 6.07) is 8.76. The molecule has 2 heterocycles. The molecule has 2 aliphatic heterocycles. The van der Waals surface area contributed by atoms with Crippen LogP contribution in [0.15, 0.2) is 41.6 Å². The number of allylic oxidation sites excluding steroid dienone is 1. The van der Waals surface area contributed by atoms with Gasteiger partial charge in [-0.2, -0.15) is 0 Å². The molecule has 7 heteroatoms. The highest BCUT2D eigenvalue weighted by Crippen LogP contribution is 2.46. The summed E-state index contributed by atoms with van der Waals surface area (Å²) in [5.41, 5.74) is -0.00322. The molecule has 144 valence electrons. The molecular weight excluding hydrogens is 366 g/mol. The first-order chi connectivity index (χ1) is 12.7. The van der Waals surface area contributed by atoms with Crippen molar-refractivity contribution in [2.45, 2.75) is 44.6 Å². The highest BCUT2D eigenvalue weighted by Gasteiger charge is 2.56. The molecule has 6 nitrogen and oxygen atoms in total. The molecule has 0 N–H and O–H groups in total. The van der Waals surface area contributed by atoms with E-state index in [9.17, 15) is 14.4 Å². The van der Waals surface area contributed by atoms with Crippen molar-refractivity contribution >= 4 is 29.4 Å². The van der Waals surface area contributed by atoms with Crippen LogP contribution in [0.25, 0.3) is 0 Å². The van der Waals surface area contributed by atoms with E-state index in [1.807, 2.05) is 6.07 Å². The second-order valence-electron chi connectivity index (χ2n) is 7.61. The molecule has 1 unspecified atom stereocenters. The van der Waals surface area contributed by atoms with Crippen LogP contribution < -0.4 is 0 Å². The summed E-state index contributed by atoms with van der Waals surface area (Å²) in [6.45, 7) is 7.05. The summed E-state index contributed by atoms with van der Waals surface area (Å²) >= 11 is 1.31. The molecule has 0 saturated carbocycles. The van der Waals surface area contributed by atoms with Crippen LogP contribution in [0.2, 0.25) is 0 Å². The Labute approximate surface area is 162 Å². The fourth-order valence-electron chi connectivity index (χ4n) is 2.96. The highest BCUT2D eigenvalue weighted by atomic mass is 32.2. The van der Waals surface area contributed by atoms with Gasteiger partial charge in [-0.15, -0.1) is 0 Å². The van der Waals surface area contributed by atoms with Gasteiger partial charge >= 0.3 is 5.97 Å². The Morgan fingerprint density at radius 3 is 2.33 bits per heavy atom. The summed E-state index contributed by atoms with van der Waals surface area (Å²) in [5.74, 6) is -0.883. The van der Waals surface area contributed by atoms with Crippen molar-refractivity contribution in [3.8, 4) is 0 Å². The number of rotatable bonds is 4. The van der Waals surface area contributed by atoms with Crippen molar-refractivity contribution in [2.75, 3.05) is 7.11 Å². The number of ether oxygens (including phenoxy) is 2. The third-order valence-corrected chi connectivity index (χ3v) is 5.99. The van der Waals surface area contributed by atoms with Gasteiger partial charge in [-0.3, -0.25) is 19.3 Å². The monoisotopic (exact) mass is 389 g/mol. The Kier molecular flexibility index (Phi) is 5.18. The summed E-state index contributed by atoms with van der Waals surface area (Å²) in [4.78, 5) is 39.5. The number of esters is 1. The smallest absolute Gasteiger partial charge is 0.312 e. The van der Waals surface area contributed by atoms with E-state index in [1.54, 1.807) is 52.0 Å². The molecule has 1 amide bonds. The largest absolute Gasteiger partial charge is 0.446 e. The minimum absolute atomic E-state index is 0.255. The number of benzene rings is 1. The lowest BCUT2D eigenvalue weighted by Gasteiger charge is -2.50. The lowest BCUT2D eigenvalue weighted by atomic mass is 9.97. The molecule has 1 fully saturated rings.